The molecule has 5 N–H and O–H groups in total. The van der Waals surface area contributed by atoms with Gasteiger partial charge in [-0.2, -0.15) is 0 Å². The van der Waals surface area contributed by atoms with Crippen molar-refractivity contribution in [3.05, 3.63) is 11.6 Å². The molecule has 0 aromatic rings. The fourth-order valence-corrected chi connectivity index (χ4v) is 10.7. The molecule has 4 aliphatic rings. The highest BCUT2D eigenvalue weighted by molar-refractivity contribution is 5.81. The number of methoxy groups -OCH3 is 2. The Morgan fingerprint density at radius 3 is 2.27 bits per heavy atom. The van der Waals surface area contributed by atoms with Crippen molar-refractivity contribution in [2.45, 2.75) is 110 Å². The Morgan fingerprint density at radius 2 is 1.73 bits per heavy atom. The smallest absolute Gasteiger partial charge is 0.315 e. The standard InChI is InChI=1S/C31H50O9/c1-18-10-11-26(3)12-14-28(5)23-22(35)24(36)29(17-32,19(2)33)20(8-9-21(34)39-6)27(23,4)13-15-30(28,25(37)40-7)31(26,38)16-18/h10,19-20,22-24,32-33,35-36,38H,8-9,11-17H2,1-7H3/t19?,20-,22-,23-,24-,26+,27-,28+,29+,30-,31-/m0/s1. The van der Waals surface area contributed by atoms with Gasteiger partial charge in [0.1, 0.15) is 5.41 Å². The lowest BCUT2D eigenvalue weighted by Gasteiger charge is -2.75. The number of rotatable bonds is 6. The zero-order valence-corrected chi connectivity index (χ0v) is 25.2. The summed E-state index contributed by atoms with van der Waals surface area (Å²) in [7, 11) is 2.63. The van der Waals surface area contributed by atoms with E-state index in [0.29, 0.717) is 32.1 Å². The summed E-state index contributed by atoms with van der Waals surface area (Å²) in [5, 5.41) is 58.5. The molecule has 0 aliphatic heterocycles. The molecule has 0 spiro atoms. The van der Waals surface area contributed by atoms with Crippen LogP contribution in [-0.2, 0) is 19.1 Å². The molecule has 11 atom stereocenters. The van der Waals surface area contributed by atoms with Crippen LogP contribution in [0, 0.1) is 38.9 Å². The minimum atomic E-state index is -1.54. The van der Waals surface area contributed by atoms with E-state index in [0.717, 1.165) is 5.57 Å². The number of esters is 2. The molecule has 0 aromatic carbocycles. The molecule has 9 nitrogen and oxygen atoms in total. The minimum absolute atomic E-state index is 0.00557. The molecular formula is C31H50O9. The summed E-state index contributed by atoms with van der Waals surface area (Å²) in [4.78, 5) is 26.5. The van der Waals surface area contributed by atoms with Crippen molar-refractivity contribution in [2.75, 3.05) is 20.8 Å². The maximum Gasteiger partial charge on any atom is 0.315 e. The molecule has 228 valence electrons. The Balaban J connectivity index is 1.97. The van der Waals surface area contributed by atoms with Gasteiger partial charge < -0.3 is 35.0 Å². The molecule has 4 rings (SSSR count). The molecule has 0 radical (unpaired) electrons. The van der Waals surface area contributed by atoms with E-state index in [1.807, 2.05) is 27.7 Å². The van der Waals surface area contributed by atoms with E-state index in [-0.39, 0.29) is 19.3 Å². The summed E-state index contributed by atoms with van der Waals surface area (Å²) >= 11 is 0. The topological polar surface area (TPSA) is 154 Å². The predicted molar refractivity (Wildman–Crippen MR) is 147 cm³/mol. The highest BCUT2D eigenvalue weighted by atomic mass is 16.5. The minimum Gasteiger partial charge on any atom is -0.469 e. The number of aliphatic hydroxyl groups excluding tert-OH is 4. The molecule has 4 aliphatic carbocycles. The SMILES string of the molecule is COC(=O)CC[C@H]1[C@]2(C)CC[C@@]3(C(=O)OC)[C@]4(O)CC(C)=CC[C@]4(C)CC[C@]3(C)[C@H]2[C@H](O)[C@H](O)[C@]1(CO)C(C)O. The number of ether oxygens (including phenoxy) is 2. The third-order valence-corrected chi connectivity index (χ3v) is 12.9. The Morgan fingerprint density at radius 1 is 1.07 bits per heavy atom. The van der Waals surface area contributed by atoms with E-state index in [2.05, 4.69) is 6.08 Å². The molecule has 3 saturated carbocycles. The van der Waals surface area contributed by atoms with E-state index >= 15 is 0 Å². The van der Waals surface area contributed by atoms with Gasteiger partial charge in [-0.3, -0.25) is 9.59 Å². The lowest BCUT2D eigenvalue weighted by atomic mass is 9.29. The van der Waals surface area contributed by atoms with Gasteiger partial charge in [0.25, 0.3) is 0 Å². The first kappa shape index (κ1) is 31.4. The number of hydrogen-bond acceptors (Lipinski definition) is 9. The van der Waals surface area contributed by atoms with Crippen LogP contribution < -0.4 is 0 Å². The van der Waals surface area contributed by atoms with E-state index in [4.69, 9.17) is 9.47 Å². The first-order valence-electron chi connectivity index (χ1n) is 14.7. The molecule has 0 heterocycles. The van der Waals surface area contributed by atoms with Crippen molar-refractivity contribution in [1.29, 1.82) is 0 Å². The van der Waals surface area contributed by atoms with Gasteiger partial charge in [0.05, 0.1) is 50.2 Å². The van der Waals surface area contributed by atoms with Crippen LogP contribution in [-0.4, -0.2) is 82.2 Å². The number of carbonyl (C=O) groups excluding carboxylic acids is 2. The van der Waals surface area contributed by atoms with Gasteiger partial charge in [0.15, 0.2) is 0 Å². The first-order chi connectivity index (χ1) is 18.5. The van der Waals surface area contributed by atoms with Crippen molar-refractivity contribution >= 4 is 11.9 Å². The second-order valence-corrected chi connectivity index (χ2v) is 14.2. The third kappa shape index (κ3) is 3.63. The van der Waals surface area contributed by atoms with Crippen molar-refractivity contribution in [1.82, 2.24) is 0 Å². The normalized spacial score (nSPS) is 49.0. The number of allylic oxidation sites excluding steroid dienone is 1. The molecule has 0 aromatic heterocycles. The fourth-order valence-electron chi connectivity index (χ4n) is 10.7. The number of hydrogen-bond donors (Lipinski definition) is 5. The summed E-state index contributed by atoms with van der Waals surface area (Å²) in [5.74, 6) is -2.27. The average Bonchev–Trinajstić information content (AvgIpc) is 2.90. The largest absolute Gasteiger partial charge is 0.469 e. The van der Waals surface area contributed by atoms with Gasteiger partial charge >= 0.3 is 11.9 Å². The molecule has 0 bridgehead atoms. The molecule has 0 amide bonds. The Labute approximate surface area is 237 Å². The Kier molecular flexibility index (Phi) is 7.89. The van der Waals surface area contributed by atoms with Crippen LogP contribution in [0.3, 0.4) is 0 Å². The lowest BCUT2D eigenvalue weighted by Crippen LogP contribution is -2.80. The van der Waals surface area contributed by atoms with Crippen molar-refractivity contribution < 1.29 is 44.6 Å². The van der Waals surface area contributed by atoms with E-state index < -0.39 is 81.4 Å². The molecular weight excluding hydrogens is 516 g/mol. The van der Waals surface area contributed by atoms with E-state index in [9.17, 15) is 35.1 Å². The van der Waals surface area contributed by atoms with Gasteiger partial charge in [0.2, 0.25) is 0 Å². The predicted octanol–water partition coefficient (Wildman–Crippen LogP) is 2.50. The number of aliphatic hydroxyl groups is 5. The van der Waals surface area contributed by atoms with E-state index in [1.54, 1.807) is 0 Å². The van der Waals surface area contributed by atoms with Crippen molar-refractivity contribution in [3.8, 4) is 0 Å². The van der Waals surface area contributed by atoms with Crippen molar-refractivity contribution in [3.63, 3.8) is 0 Å². The summed E-state index contributed by atoms with van der Waals surface area (Å²) < 4.78 is 10.4. The van der Waals surface area contributed by atoms with Gasteiger partial charge in [-0.05, 0) is 81.5 Å². The van der Waals surface area contributed by atoms with Crippen LogP contribution in [0.15, 0.2) is 11.6 Å². The monoisotopic (exact) mass is 566 g/mol. The Hall–Kier alpha value is -1.52. The number of fused-ring (bicyclic) bond motifs is 5. The molecule has 1 unspecified atom stereocenters. The van der Waals surface area contributed by atoms with Crippen LogP contribution >= 0.6 is 0 Å². The summed E-state index contributed by atoms with van der Waals surface area (Å²) in [6.45, 7) is 8.82. The maximum absolute atomic E-state index is 14.1. The second-order valence-electron chi connectivity index (χ2n) is 14.2. The summed E-state index contributed by atoms with van der Waals surface area (Å²) in [6, 6.07) is 0. The van der Waals surface area contributed by atoms with Crippen LogP contribution in [0.25, 0.3) is 0 Å². The maximum atomic E-state index is 14.1. The summed E-state index contributed by atoms with van der Waals surface area (Å²) in [5.41, 5.74) is -5.77. The van der Waals surface area contributed by atoms with Crippen molar-refractivity contribution in [2.24, 2.45) is 38.9 Å². The van der Waals surface area contributed by atoms with Gasteiger partial charge in [0, 0.05) is 11.8 Å². The highest BCUT2D eigenvalue weighted by Crippen LogP contribution is 2.78. The van der Waals surface area contributed by atoms with Gasteiger partial charge in [-0.1, -0.05) is 32.4 Å². The Bertz CT molecular complexity index is 1060. The van der Waals surface area contributed by atoms with Crippen LogP contribution in [0.2, 0.25) is 0 Å². The quantitative estimate of drug-likeness (QED) is 0.241. The zero-order chi connectivity index (χ0) is 30.1. The molecule has 9 heteroatoms. The van der Waals surface area contributed by atoms with Crippen LogP contribution in [0.5, 0.6) is 0 Å². The summed E-state index contributed by atoms with van der Waals surface area (Å²) in [6.07, 6.45) is 0.839. The third-order valence-electron chi connectivity index (χ3n) is 12.9. The average molecular weight is 567 g/mol. The molecule has 40 heavy (non-hydrogen) atoms. The van der Waals surface area contributed by atoms with Gasteiger partial charge in [-0.15, -0.1) is 0 Å². The van der Waals surface area contributed by atoms with Gasteiger partial charge in [-0.25, -0.2) is 0 Å². The number of carbonyl (C=O) groups is 2. The zero-order valence-electron chi connectivity index (χ0n) is 25.2. The lowest BCUT2D eigenvalue weighted by molar-refractivity contribution is -0.340. The second kappa shape index (κ2) is 10.0. The highest BCUT2D eigenvalue weighted by Gasteiger charge is 2.81. The molecule has 0 saturated heterocycles. The van der Waals surface area contributed by atoms with Crippen LogP contribution in [0.1, 0.15) is 86.0 Å². The van der Waals surface area contributed by atoms with E-state index in [1.165, 1.54) is 21.1 Å². The molecule has 3 fully saturated rings. The fraction of sp³-hybridized carbons (Fsp3) is 0.871. The first-order valence-corrected chi connectivity index (χ1v) is 14.7. The van der Waals surface area contributed by atoms with Crippen LogP contribution in [0.4, 0.5) is 0 Å².